The van der Waals surface area contributed by atoms with Gasteiger partial charge in [-0.2, -0.15) is 0 Å². The van der Waals surface area contributed by atoms with Crippen LogP contribution >= 0.6 is 0 Å². The van der Waals surface area contributed by atoms with Crippen molar-refractivity contribution in [3.63, 3.8) is 0 Å². The molecule has 300 valence electrons. The van der Waals surface area contributed by atoms with Gasteiger partial charge in [0.1, 0.15) is 24.7 Å². The molecule has 1 aromatic carbocycles. The number of nitrogens with two attached hydrogens (primary N) is 1. The zero-order valence-electron chi connectivity index (χ0n) is 29.3. The van der Waals surface area contributed by atoms with Crippen LogP contribution in [0.3, 0.4) is 0 Å². The Bertz CT molecular complexity index is 1470. The summed E-state index contributed by atoms with van der Waals surface area (Å²) in [7, 11) is 0. The van der Waals surface area contributed by atoms with Crippen LogP contribution in [0.25, 0.3) is 0 Å². The molecule has 0 aliphatic carbocycles. The number of aliphatic hydroxyl groups excluding tert-OH is 1. The highest BCUT2D eigenvalue weighted by molar-refractivity contribution is 5.97. The molecule has 0 spiro atoms. The number of phenols is 2. The van der Waals surface area contributed by atoms with Crippen molar-refractivity contribution in [2.75, 3.05) is 32.8 Å². The van der Waals surface area contributed by atoms with Crippen LogP contribution in [0.1, 0.15) is 61.7 Å². The van der Waals surface area contributed by atoms with Crippen LogP contribution in [-0.4, -0.2) is 147 Å². The number of phenolic OH excluding ortho intramolecular Hbond substituents is 2. The van der Waals surface area contributed by atoms with Crippen LogP contribution in [0.5, 0.6) is 11.5 Å². The van der Waals surface area contributed by atoms with Gasteiger partial charge in [-0.1, -0.05) is 12.5 Å². The summed E-state index contributed by atoms with van der Waals surface area (Å²) in [5.41, 5.74) is 5.95. The average Bonchev–Trinajstić information content (AvgIpc) is 3.14. The number of unbranched alkanes of at least 4 members (excludes halogenated alkanes) is 1. The summed E-state index contributed by atoms with van der Waals surface area (Å²) in [5, 5.41) is 61.4. The minimum Gasteiger partial charge on any atom is -0.504 e. The van der Waals surface area contributed by atoms with Crippen molar-refractivity contribution in [3.05, 3.63) is 23.8 Å². The molecule has 5 unspecified atom stereocenters. The molecule has 1 aromatic rings. The van der Waals surface area contributed by atoms with Crippen molar-refractivity contribution in [1.82, 2.24) is 36.7 Å². The van der Waals surface area contributed by atoms with Gasteiger partial charge < -0.3 is 52.4 Å². The molecule has 22 nitrogen and oxygen atoms in total. The quantitative estimate of drug-likeness (QED) is 0.0153. The Morgan fingerprint density at radius 1 is 0.944 bits per heavy atom. The van der Waals surface area contributed by atoms with Gasteiger partial charge in [0.05, 0.1) is 24.6 Å². The maximum atomic E-state index is 13.4. The van der Waals surface area contributed by atoms with E-state index >= 15 is 0 Å². The zero-order valence-corrected chi connectivity index (χ0v) is 29.3. The van der Waals surface area contributed by atoms with Gasteiger partial charge in [-0.25, -0.2) is 14.9 Å². The second kappa shape index (κ2) is 23.2. The Morgan fingerprint density at radius 2 is 1.59 bits per heavy atom. The molecule has 0 radical (unpaired) electrons. The zero-order chi connectivity index (χ0) is 40.2. The maximum absolute atomic E-state index is 13.4. The van der Waals surface area contributed by atoms with Crippen molar-refractivity contribution in [2.45, 2.75) is 81.6 Å². The molecule has 1 aliphatic heterocycles. The number of esters is 1. The summed E-state index contributed by atoms with van der Waals surface area (Å²) in [6.45, 7) is -1.67. The predicted octanol–water partition coefficient (Wildman–Crippen LogP) is -3.54. The monoisotopic (exact) mass is 768 g/mol. The van der Waals surface area contributed by atoms with Crippen molar-refractivity contribution >= 4 is 48.3 Å². The summed E-state index contributed by atoms with van der Waals surface area (Å²) < 4.78 is 5.26. The minimum absolute atomic E-state index is 0.00811. The summed E-state index contributed by atoms with van der Waals surface area (Å²) in [6.07, 6.45) is -0.964. The highest BCUT2D eigenvalue weighted by Crippen LogP contribution is 2.27. The van der Waals surface area contributed by atoms with Crippen molar-refractivity contribution in [1.29, 1.82) is 0 Å². The Kier molecular flexibility index (Phi) is 19.1. The summed E-state index contributed by atoms with van der Waals surface area (Å²) in [6, 6.07) is -1.29. The highest BCUT2D eigenvalue weighted by Gasteiger charge is 2.32. The number of cyclic esters (lactones) is 1. The molecule has 1 saturated heterocycles. The van der Waals surface area contributed by atoms with Gasteiger partial charge in [-0.05, 0) is 50.7 Å². The summed E-state index contributed by atoms with van der Waals surface area (Å²) in [5.74, 6) is -6.21. The van der Waals surface area contributed by atoms with E-state index in [1.54, 1.807) is 0 Å². The molecule has 0 bridgehead atoms. The smallest absolute Gasteiger partial charge is 0.328 e. The number of benzene rings is 1. The normalized spacial score (nSPS) is 19.1. The highest BCUT2D eigenvalue weighted by atomic mass is 16.5. The van der Waals surface area contributed by atoms with E-state index in [-0.39, 0.29) is 70.1 Å². The molecule has 0 aromatic heterocycles. The van der Waals surface area contributed by atoms with E-state index in [9.17, 15) is 64.1 Å². The maximum Gasteiger partial charge on any atom is 0.328 e. The lowest BCUT2D eigenvalue weighted by molar-refractivity contribution is -0.152. The molecule has 1 heterocycles. The second-order valence-electron chi connectivity index (χ2n) is 12.3. The first-order chi connectivity index (χ1) is 25.7. The third kappa shape index (κ3) is 15.6. The lowest BCUT2D eigenvalue weighted by atomic mass is 10.0. The largest absolute Gasteiger partial charge is 0.504 e. The van der Waals surface area contributed by atoms with Gasteiger partial charge in [-0.3, -0.25) is 44.0 Å². The summed E-state index contributed by atoms with van der Waals surface area (Å²) in [4.78, 5) is 98.6. The van der Waals surface area contributed by atoms with Crippen LogP contribution < -0.4 is 32.3 Å². The Morgan fingerprint density at radius 3 is 2.24 bits per heavy atom. The topological polar surface area (TPSA) is 340 Å². The number of hydrogen-bond donors (Lipinski definition) is 11. The summed E-state index contributed by atoms with van der Waals surface area (Å²) >= 11 is 0. The van der Waals surface area contributed by atoms with E-state index < -0.39 is 96.8 Å². The fourth-order valence-corrected chi connectivity index (χ4v) is 5.10. The molecule has 54 heavy (non-hydrogen) atoms. The molecule has 12 N–H and O–H groups in total. The first kappa shape index (κ1) is 44.6. The second-order valence-corrected chi connectivity index (χ2v) is 12.3. The van der Waals surface area contributed by atoms with Crippen LogP contribution in [0.15, 0.2) is 18.2 Å². The molecule has 22 heteroatoms. The standard InChI is InChI=1S/C32H48N8O14/c33-20(7-1-2-11-34-29(48)19-6-3-10-24(43)28(19)47)25(44)14-26(45)37-23-16-54-32(51)22(9-5-13-40(53)18-42)36-27(46)15-35-30(49)21(38-31(23)50)8-4-12-39(52)17-41/h3,6,10,17-18,20-23,25,43-44,47,52-53H,1-2,4-5,7-9,11-16,33H2,(H,34,48)(H,35,49)(H,36,46)(H,37,45)(H,38,50). The van der Waals surface area contributed by atoms with E-state index in [4.69, 9.17) is 10.5 Å². The first-order valence-corrected chi connectivity index (χ1v) is 17.0. The number of aromatic hydroxyl groups is 2. The van der Waals surface area contributed by atoms with Gasteiger partial charge in [0.15, 0.2) is 11.5 Å². The van der Waals surface area contributed by atoms with E-state index in [1.807, 2.05) is 0 Å². The van der Waals surface area contributed by atoms with E-state index in [1.165, 1.54) is 18.2 Å². The molecular weight excluding hydrogens is 720 g/mol. The van der Waals surface area contributed by atoms with Crippen molar-refractivity contribution in [3.8, 4) is 11.5 Å². The lowest BCUT2D eigenvalue weighted by Gasteiger charge is -2.24. The van der Waals surface area contributed by atoms with Crippen LogP contribution in [0.4, 0.5) is 0 Å². The number of carbonyl (C=O) groups is 8. The van der Waals surface area contributed by atoms with E-state index in [0.29, 0.717) is 23.0 Å². The molecule has 5 atom stereocenters. The number of hydrogen-bond acceptors (Lipinski definition) is 15. The van der Waals surface area contributed by atoms with E-state index in [0.717, 1.165) is 0 Å². The van der Waals surface area contributed by atoms with Gasteiger partial charge in [0.2, 0.25) is 36.4 Å². The number of ether oxygens (including phenoxy) is 1. The van der Waals surface area contributed by atoms with Gasteiger partial charge in [0, 0.05) is 25.7 Å². The van der Waals surface area contributed by atoms with Crippen LogP contribution in [0.2, 0.25) is 0 Å². The SMILES string of the molecule is NC(CCCCNC(=O)c1cccc(O)c1O)C(O)CC(=O)NC1COC(=O)C(CCCN(O)C=O)NC(=O)CNC(=O)C(CCCN(O)C=O)NC1=O. The Labute approximate surface area is 309 Å². The van der Waals surface area contributed by atoms with Gasteiger partial charge >= 0.3 is 5.97 Å². The fraction of sp³-hybridized carbons (Fsp3) is 0.562. The number of hydroxylamine groups is 4. The molecular formula is C32H48N8O14. The molecule has 1 aliphatic rings. The molecule has 1 fully saturated rings. The number of nitrogens with zero attached hydrogens (tertiary/aromatic N) is 2. The van der Waals surface area contributed by atoms with Gasteiger partial charge in [0.25, 0.3) is 5.91 Å². The minimum atomic E-state index is -1.63. The number of nitrogens with one attached hydrogen (secondary N) is 5. The molecule has 7 amide bonds. The van der Waals surface area contributed by atoms with Crippen LogP contribution in [-0.2, 0) is 38.3 Å². The van der Waals surface area contributed by atoms with Crippen molar-refractivity contribution < 1.29 is 68.8 Å². The Hall–Kier alpha value is -5.58. The first-order valence-electron chi connectivity index (χ1n) is 17.0. The predicted molar refractivity (Wildman–Crippen MR) is 182 cm³/mol. The van der Waals surface area contributed by atoms with Crippen molar-refractivity contribution in [2.24, 2.45) is 5.73 Å². The fourth-order valence-electron chi connectivity index (χ4n) is 5.10. The number of aliphatic hydroxyl groups is 1. The Balaban J connectivity index is 2.06. The third-order valence-corrected chi connectivity index (χ3v) is 8.12. The van der Waals surface area contributed by atoms with Crippen LogP contribution in [0, 0.1) is 0 Å². The average molecular weight is 769 g/mol. The third-order valence-electron chi connectivity index (χ3n) is 8.12. The number of amides is 7. The number of rotatable bonds is 20. The molecule has 0 saturated carbocycles. The van der Waals surface area contributed by atoms with E-state index in [2.05, 4.69) is 26.6 Å². The number of carbonyl (C=O) groups excluding carboxylic acids is 8. The van der Waals surface area contributed by atoms with Gasteiger partial charge in [-0.15, -0.1) is 0 Å². The molecule has 2 rings (SSSR count). The lowest BCUT2D eigenvalue weighted by Crippen LogP contribution is -2.56. The number of para-hydroxylation sites is 1.